The largest absolute Gasteiger partial charge is 0.472 e. The summed E-state index contributed by atoms with van der Waals surface area (Å²) in [7, 11) is -4.28. The van der Waals surface area contributed by atoms with Gasteiger partial charge in [-0.3, -0.25) is 18.6 Å². The van der Waals surface area contributed by atoms with E-state index in [1.165, 1.54) is 212 Å². The van der Waals surface area contributed by atoms with E-state index in [0.717, 1.165) is 38.5 Å². The minimum atomic E-state index is -4.28. The Morgan fingerprint density at radius 1 is 0.390 bits per heavy atom. The zero-order chi connectivity index (χ0) is 43.2. The maximum absolute atomic E-state index is 12.6. The van der Waals surface area contributed by atoms with Gasteiger partial charge in [-0.05, 0) is 19.8 Å². The van der Waals surface area contributed by atoms with Crippen molar-refractivity contribution in [1.29, 1.82) is 0 Å². The highest BCUT2D eigenvalue weighted by atomic mass is 31.2. The van der Waals surface area contributed by atoms with Gasteiger partial charge in [-0.25, -0.2) is 4.57 Å². The van der Waals surface area contributed by atoms with Crippen LogP contribution in [-0.4, -0.2) is 42.8 Å². The van der Waals surface area contributed by atoms with Crippen LogP contribution >= 0.6 is 7.82 Å². The van der Waals surface area contributed by atoms with Gasteiger partial charge in [0.2, 0.25) is 0 Å². The fourth-order valence-corrected chi connectivity index (χ4v) is 8.62. The molecule has 0 aliphatic carbocycles. The highest BCUT2D eigenvalue weighted by molar-refractivity contribution is 7.47. The van der Waals surface area contributed by atoms with Crippen LogP contribution in [0.25, 0.3) is 0 Å². The monoisotopic (exact) mass is 859 g/mol. The molecule has 2 unspecified atom stereocenters. The summed E-state index contributed by atoms with van der Waals surface area (Å²) >= 11 is 0. The maximum Gasteiger partial charge on any atom is 0.472 e. The molecule has 0 rings (SSSR count). The van der Waals surface area contributed by atoms with Crippen molar-refractivity contribution in [2.75, 3.05) is 19.8 Å². The molecule has 0 aromatic heterocycles. The summed E-state index contributed by atoms with van der Waals surface area (Å²) in [5.74, 6) is -0.775. The highest BCUT2D eigenvalue weighted by Crippen LogP contribution is 2.43. The number of phosphoric acid groups is 1. The van der Waals surface area contributed by atoms with Gasteiger partial charge in [0.15, 0.2) is 6.10 Å². The van der Waals surface area contributed by atoms with Gasteiger partial charge in [0.05, 0.1) is 13.2 Å². The molecule has 59 heavy (non-hydrogen) atoms. The van der Waals surface area contributed by atoms with E-state index in [2.05, 4.69) is 13.8 Å². The Balaban J connectivity index is 3.88. The third-order valence-electron chi connectivity index (χ3n) is 11.7. The molecule has 352 valence electrons. The van der Waals surface area contributed by atoms with E-state index in [9.17, 15) is 19.0 Å². The average Bonchev–Trinajstić information content (AvgIpc) is 3.22. The molecular weight excluding hydrogens is 760 g/mol. The SMILES string of the molecule is CCCCCCCCCCCCCCCCCCCCCCCCCCC(=O)OC(COC(=O)CCCCCCCCCCCCCCCCC)COP(=O)(O)OCC. The molecule has 0 aromatic rings. The van der Waals surface area contributed by atoms with Crippen molar-refractivity contribution in [1.82, 2.24) is 0 Å². The molecular formula is C50H99O8P. The smallest absolute Gasteiger partial charge is 0.462 e. The second kappa shape index (κ2) is 46.6. The van der Waals surface area contributed by atoms with Gasteiger partial charge in [0.25, 0.3) is 0 Å². The number of carbonyl (C=O) groups excluding carboxylic acids is 2. The average molecular weight is 859 g/mol. The lowest BCUT2D eigenvalue weighted by Crippen LogP contribution is -2.29. The topological polar surface area (TPSA) is 108 Å². The van der Waals surface area contributed by atoms with E-state index in [-0.39, 0.29) is 32.2 Å². The van der Waals surface area contributed by atoms with Gasteiger partial charge in [-0.15, -0.1) is 0 Å². The quantitative estimate of drug-likeness (QED) is 0.0366. The van der Waals surface area contributed by atoms with Crippen molar-refractivity contribution in [3.05, 3.63) is 0 Å². The zero-order valence-corrected chi connectivity index (χ0v) is 40.3. The molecule has 0 aliphatic rings. The molecule has 9 heteroatoms. The zero-order valence-electron chi connectivity index (χ0n) is 39.4. The normalized spacial score (nSPS) is 13.1. The Kier molecular flexibility index (Phi) is 45.8. The van der Waals surface area contributed by atoms with Crippen molar-refractivity contribution in [2.45, 2.75) is 290 Å². The highest BCUT2D eigenvalue weighted by Gasteiger charge is 2.25. The van der Waals surface area contributed by atoms with E-state index < -0.39 is 19.9 Å². The fraction of sp³-hybridized carbons (Fsp3) is 0.960. The van der Waals surface area contributed by atoms with Gasteiger partial charge in [0.1, 0.15) is 6.61 Å². The van der Waals surface area contributed by atoms with Crippen molar-refractivity contribution in [3.8, 4) is 0 Å². The summed E-state index contributed by atoms with van der Waals surface area (Å²) in [6.45, 7) is 5.55. The molecule has 2 atom stereocenters. The van der Waals surface area contributed by atoms with Gasteiger partial charge >= 0.3 is 19.8 Å². The van der Waals surface area contributed by atoms with E-state index in [4.69, 9.17) is 18.5 Å². The molecule has 0 aromatic carbocycles. The first-order valence-corrected chi connectivity index (χ1v) is 27.3. The van der Waals surface area contributed by atoms with Crippen molar-refractivity contribution >= 4 is 19.8 Å². The van der Waals surface area contributed by atoms with Crippen LogP contribution in [-0.2, 0) is 32.7 Å². The number of hydrogen-bond acceptors (Lipinski definition) is 7. The number of rotatable bonds is 49. The summed E-state index contributed by atoms with van der Waals surface area (Å²) in [5.41, 5.74) is 0. The lowest BCUT2D eigenvalue weighted by molar-refractivity contribution is -0.161. The molecule has 0 aliphatic heterocycles. The predicted octanol–water partition coefficient (Wildman–Crippen LogP) is 16.6. The molecule has 0 amide bonds. The molecule has 0 fully saturated rings. The van der Waals surface area contributed by atoms with Crippen LogP contribution in [0, 0.1) is 0 Å². The molecule has 0 saturated heterocycles. The first-order valence-electron chi connectivity index (χ1n) is 25.8. The molecule has 0 heterocycles. The van der Waals surface area contributed by atoms with Crippen LogP contribution in [0.4, 0.5) is 0 Å². The van der Waals surface area contributed by atoms with E-state index in [1.54, 1.807) is 6.92 Å². The number of phosphoric ester groups is 1. The summed E-state index contributed by atoms with van der Waals surface area (Å²) < 4.78 is 32.8. The minimum Gasteiger partial charge on any atom is -0.462 e. The molecule has 0 saturated carbocycles. The van der Waals surface area contributed by atoms with Crippen molar-refractivity contribution in [3.63, 3.8) is 0 Å². The second-order valence-electron chi connectivity index (χ2n) is 17.6. The van der Waals surface area contributed by atoms with Crippen LogP contribution in [0.2, 0.25) is 0 Å². The van der Waals surface area contributed by atoms with Crippen molar-refractivity contribution in [2.24, 2.45) is 0 Å². The number of esters is 2. The first kappa shape index (κ1) is 58.0. The maximum atomic E-state index is 12.6. The van der Waals surface area contributed by atoms with E-state index in [1.807, 2.05) is 0 Å². The summed E-state index contributed by atoms with van der Waals surface area (Å²) in [6, 6.07) is 0. The van der Waals surface area contributed by atoms with E-state index >= 15 is 0 Å². The van der Waals surface area contributed by atoms with Crippen LogP contribution in [0.5, 0.6) is 0 Å². The number of hydrogen-bond donors (Lipinski definition) is 1. The van der Waals surface area contributed by atoms with Gasteiger partial charge < -0.3 is 14.4 Å². The third kappa shape index (κ3) is 46.4. The van der Waals surface area contributed by atoms with Gasteiger partial charge in [-0.2, -0.15) is 0 Å². The first-order chi connectivity index (χ1) is 28.8. The van der Waals surface area contributed by atoms with Crippen LogP contribution in [0.3, 0.4) is 0 Å². The Morgan fingerprint density at radius 3 is 0.949 bits per heavy atom. The minimum absolute atomic E-state index is 0.00599. The second-order valence-corrected chi connectivity index (χ2v) is 19.0. The van der Waals surface area contributed by atoms with Crippen LogP contribution in [0.15, 0.2) is 0 Å². The lowest BCUT2D eigenvalue weighted by Gasteiger charge is -2.19. The summed E-state index contributed by atoms with van der Waals surface area (Å²) in [5, 5.41) is 0. The van der Waals surface area contributed by atoms with Gasteiger partial charge in [-0.1, -0.05) is 251 Å². The Hall–Kier alpha value is -0.950. The number of ether oxygens (including phenoxy) is 2. The molecule has 8 nitrogen and oxygen atoms in total. The van der Waals surface area contributed by atoms with Crippen LogP contribution in [0.1, 0.15) is 284 Å². The lowest BCUT2D eigenvalue weighted by atomic mass is 10.0. The predicted molar refractivity (Wildman–Crippen MR) is 249 cm³/mol. The fourth-order valence-electron chi connectivity index (χ4n) is 7.87. The summed E-state index contributed by atoms with van der Waals surface area (Å²) in [4.78, 5) is 34.9. The van der Waals surface area contributed by atoms with E-state index in [0.29, 0.717) is 6.42 Å². The van der Waals surface area contributed by atoms with Crippen LogP contribution < -0.4 is 0 Å². The number of unbranched alkanes of at least 4 members (excludes halogenated alkanes) is 37. The number of carbonyl (C=O) groups is 2. The Bertz CT molecular complexity index is 931. The Morgan fingerprint density at radius 2 is 0.661 bits per heavy atom. The molecule has 0 bridgehead atoms. The summed E-state index contributed by atoms with van der Waals surface area (Å²) in [6.07, 6.45) is 50.3. The molecule has 0 spiro atoms. The third-order valence-corrected chi connectivity index (χ3v) is 12.7. The molecule has 0 radical (unpaired) electrons. The van der Waals surface area contributed by atoms with Crippen molar-refractivity contribution < 1.29 is 37.6 Å². The standard InChI is InChI=1S/C50H99O8P/c1-4-7-9-11-13-15-17-19-21-22-23-24-25-26-27-28-29-31-33-35-37-39-41-43-45-50(52)58-48(47-57-59(53,54)56-6-3)46-55-49(51)44-42-40-38-36-34-32-30-20-18-16-14-12-10-8-5-2/h48H,4-47H2,1-3H3,(H,53,54). The molecule has 1 N–H and O–H groups in total. The Labute approximate surface area is 366 Å². The van der Waals surface area contributed by atoms with Gasteiger partial charge in [0, 0.05) is 12.8 Å².